The molecule has 1 aromatic carbocycles. The second kappa shape index (κ2) is 3.48. The second-order valence-corrected chi connectivity index (χ2v) is 5.09. The van der Waals surface area contributed by atoms with Gasteiger partial charge in [-0.1, -0.05) is 20.8 Å². The van der Waals surface area contributed by atoms with Crippen molar-refractivity contribution in [3.8, 4) is 5.75 Å². The van der Waals surface area contributed by atoms with Gasteiger partial charge in [0, 0.05) is 11.1 Å². The molecule has 16 heavy (non-hydrogen) atoms. The third-order valence-corrected chi connectivity index (χ3v) is 2.86. The van der Waals surface area contributed by atoms with Gasteiger partial charge in [0.05, 0.1) is 7.11 Å². The molecule has 0 radical (unpaired) electrons. The first-order chi connectivity index (χ1) is 7.43. The van der Waals surface area contributed by atoms with Crippen molar-refractivity contribution >= 4 is 11.9 Å². The Bertz CT molecular complexity index is 476. The molecular weight excluding hydrogens is 200 g/mol. The number of Topliss-reactive ketones (excluding diaryl/α,β-unsaturated/α-hetero) is 1. The van der Waals surface area contributed by atoms with Crippen molar-refractivity contribution in [1.29, 1.82) is 0 Å². The number of ketones is 1. The lowest BCUT2D eigenvalue weighted by Gasteiger charge is -2.18. The van der Waals surface area contributed by atoms with E-state index in [1.165, 1.54) is 0 Å². The van der Waals surface area contributed by atoms with E-state index in [4.69, 9.17) is 4.74 Å². The van der Waals surface area contributed by atoms with Crippen LogP contribution in [0.25, 0.3) is 6.08 Å². The highest BCUT2D eigenvalue weighted by molar-refractivity contribution is 6.18. The van der Waals surface area contributed by atoms with Crippen LogP contribution in [-0.4, -0.2) is 12.9 Å². The van der Waals surface area contributed by atoms with Crippen molar-refractivity contribution in [2.45, 2.75) is 20.8 Å². The number of carbonyl (C=O) groups is 1. The molecule has 2 rings (SSSR count). The highest BCUT2D eigenvalue weighted by Gasteiger charge is 2.30. The molecule has 0 spiro atoms. The van der Waals surface area contributed by atoms with E-state index < -0.39 is 0 Å². The van der Waals surface area contributed by atoms with Gasteiger partial charge in [-0.3, -0.25) is 4.79 Å². The molecule has 84 valence electrons. The number of carbonyl (C=O) groups excluding carboxylic acids is 1. The average molecular weight is 216 g/mol. The molecule has 1 aliphatic carbocycles. The minimum atomic E-state index is -0.108. The SMILES string of the molecule is COc1ccc2c(c1)C=C(C(C)(C)C)C2=O. The summed E-state index contributed by atoms with van der Waals surface area (Å²) < 4.78 is 5.15. The summed E-state index contributed by atoms with van der Waals surface area (Å²) in [5, 5.41) is 0. The molecule has 1 aromatic rings. The molecule has 0 unspecified atom stereocenters. The Morgan fingerprint density at radius 1 is 1.19 bits per heavy atom. The molecule has 0 amide bonds. The van der Waals surface area contributed by atoms with Crippen LogP contribution >= 0.6 is 0 Å². The quantitative estimate of drug-likeness (QED) is 0.719. The van der Waals surface area contributed by atoms with Crippen LogP contribution in [0.2, 0.25) is 0 Å². The van der Waals surface area contributed by atoms with E-state index in [1.54, 1.807) is 7.11 Å². The highest BCUT2D eigenvalue weighted by atomic mass is 16.5. The first-order valence-corrected chi connectivity index (χ1v) is 5.38. The van der Waals surface area contributed by atoms with Gasteiger partial charge in [0.2, 0.25) is 0 Å². The summed E-state index contributed by atoms with van der Waals surface area (Å²) in [4.78, 5) is 12.1. The largest absolute Gasteiger partial charge is 0.497 e. The monoisotopic (exact) mass is 216 g/mol. The van der Waals surface area contributed by atoms with Crippen LogP contribution in [0.3, 0.4) is 0 Å². The number of fused-ring (bicyclic) bond motifs is 1. The molecular formula is C14H16O2. The Kier molecular flexibility index (Phi) is 2.38. The number of ether oxygens (including phenoxy) is 1. The molecule has 0 N–H and O–H groups in total. The molecule has 0 atom stereocenters. The number of hydrogen-bond donors (Lipinski definition) is 0. The predicted molar refractivity (Wildman–Crippen MR) is 64.8 cm³/mol. The topological polar surface area (TPSA) is 26.3 Å². The van der Waals surface area contributed by atoms with E-state index in [9.17, 15) is 4.79 Å². The summed E-state index contributed by atoms with van der Waals surface area (Å²) in [7, 11) is 1.63. The fourth-order valence-electron chi connectivity index (χ4n) is 1.92. The smallest absolute Gasteiger partial charge is 0.190 e. The maximum Gasteiger partial charge on any atom is 0.190 e. The maximum absolute atomic E-state index is 12.1. The Balaban J connectivity index is 2.50. The van der Waals surface area contributed by atoms with Gasteiger partial charge in [0.25, 0.3) is 0 Å². The third kappa shape index (κ3) is 1.64. The minimum Gasteiger partial charge on any atom is -0.497 e. The molecule has 1 aliphatic rings. The van der Waals surface area contributed by atoms with Gasteiger partial charge in [0.15, 0.2) is 5.78 Å². The highest BCUT2D eigenvalue weighted by Crippen LogP contribution is 2.37. The van der Waals surface area contributed by atoms with Gasteiger partial charge in [-0.15, -0.1) is 0 Å². The van der Waals surface area contributed by atoms with Gasteiger partial charge in [-0.2, -0.15) is 0 Å². The first kappa shape index (κ1) is 10.9. The molecule has 0 aromatic heterocycles. The van der Waals surface area contributed by atoms with Crippen LogP contribution < -0.4 is 4.74 Å². The van der Waals surface area contributed by atoms with E-state index in [1.807, 2.05) is 24.3 Å². The van der Waals surface area contributed by atoms with Crippen molar-refractivity contribution in [1.82, 2.24) is 0 Å². The molecule has 0 saturated heterocycles. The molecule has 0 bridgehead atoms. The van der Waals surface area contributed by atoms with Crippen molar-refractivity contribution in [2.75, 3.05) is 7.11 Å². The second-order valence-electron chi connectivity index (χ2n) is 5.09. The molecule has 0 saturated carbocycles. The number of allylic oxidation sites excluding steroid dienone is 1. The summed E-state index contributed by atoms with van der Waals surface area (Å²) in [6, 6.07) is 5.58. The lowest BCUT2D eigenvalue weighted by molar-refractivity contribution is 0.101. The normalized spacial score (nSPS) is 14.8. The standard InChI is InChI=1S/C14H16O2/c1-14(2,3)12-8-9-7-10(16-4)5-6-11(9)13(12)15/h5-8H,1-4H3. The van der Waals surface area contributed by atoms with Gasteiger partial charge < -0.3 is 4.74 Å². The van der Waals surface area contributed by atoms with Crippen molar-refractivity contribution in [2.24, 2.45) is 5.41 Å². The number of methoxy groups -OCH3 is 1. The Morgan fingerprint density at radius 3 is 2.44 bits per heavy atom. The summed E-state index contributed by atoms with van der Waals surface area (Å²) >= 11 is 0. The van der Waals surface area contributed by atoms with Crippen LogP contribution in [0.1, 0.15) is 36.7 Å². The zero-order valence-corrected chi connectivity index (χ0v) is 10.1. The number of benzene rings is 1. The lowest BCUT2D eigenvalue weighted by atomic mass is 9.85. The van der Waals surface area contributed by atoms with E-state index >= 15 is 0 Å². The first-order valence-electron chi connectivity index (χ1n) is 5.38. The Labute approximate surface area is 95.9 Å². The van der Waals surface area contributed by atoms with Crippen LogP contribution in [0.5, 0.6) is 5.75 Å². The molecule has 2 nitrogen and oxygen atoms in total. The zero-order chi connectivity index (χ0) is 11.9. The average Bonchev–Trinajstić information content (AvgIpc) is 2.55. The summed E-state index contributed by atoms with van der Waals surface area (Å²) in [6.45, 7) is 6.17. The van der Waals surface area contributed by atoms with E-state index in [0.717, 1.165) is 22.4 Å². The van der Waals surface area contributed by atoms with E-state index in [0.29, 0.717) is 0 Å². The van der Waals surface area contributed by atoms with Crippen LogP contribution in [0.4, 0.5) is 0 Å². The predicted octanol–water partition coefficient (Wildman–Crippen LogP) is 3.32. The van der Waals surface area contributed by atoms with Crippen molar-refractivity contribution < 1.29 is 9.53 Å². The maximum atomic E-state index is 12.1. The summed E-state index contributed by atoms with van der Waals surface area (Å²) in [5.41, 5.74) is 2.51. The number of hydrogen-bond acceptors (Lipinski definition) is 2. The van der Waals surface area contributed by atoms with E-state index in [2.05, 4.69) is 20.8 Å². The van der Waals surface area contributed by atoms with Gasteiger partial charge in [-0.25, -0.2) is 0 Å². The Morgan fingerprint density at radius 2 is 1.88 bits per heavy atom. The Hall–Kier alpha value is -1.57. The van der Waals surface area contributed by atoms with Crippen LogP contribution in [0, 0.1) is 5.41 Å². The van der Waals surface area contributed by atoms with Crippen molar-refractivity contribution in [3.05, 3.63) is 34.9 Å². The van der Waals surface area contributed by atoms with Crippen LogP contribution in [0.15, 0.2) is 23.8 Å². The van der Waals surface area contributed by atoms with E-state index in [-0.39, 0.29) is 11.2 Å². The molecule has 0 aliphatic heterocycles. The van der Waals surface area contributed by atoms with Crippen LogP contribution in [-0.2, 0) is 0 Å². The zero-order valence-electron chi connectivity index (χ0n) is 10.1. The number of rotatable bonds is 1. The summed E-state index contributed by atoms with van der Waals surface area (Å²) in [6.07, 6.45) is 1.97. The van der Waals surface area contributed by atoms with Gasteiger partial charge in [-0.05, 0) is 35.3 Å². The lowest BCUT2D eigenvalue weighted by Crippen LogP contribution is -2.14. The van der Waals surface area contributed by atoms with Gasteiger partial charge in [0.1, 0.15) is 5.75 Å². The van der Waals surface area contributed by atoms with Crippen molar-refractivity contribution in [3.63, 3.8) is 0 Å². The summed E-state index contributed by atoms with van der Waals surface area (Å²) in [5.74, 6) is 0.933. The third-order valence-electron chi connectivity index (χ3n) is 2.86. The minimum absolute atomic E-state index is 0.108. The molecule has 2 heteroatoms. The van der Waals surface area contributed by atoms with Gasteiger partial charge >= 0.3 is 0 Å². The molecule has 0 fully saturated rings. The fraction of sp³-hybridized carbons (Fsp3) is 0.357. The fourth-order valence-corrected chi connectivity index (χ4v) is 1.92. The molecule has 0 heterocycles.